The van der Waals surface area contributed by atoms with E-state index < -0.39 is 42.2 Å². The molecule has 46 heavy (non-hydrogen) atoms. The number of aromatic nitrogens is 3. The van der Waals surface area contributed by atoms with E-state index in [0.717, 1.165) is 36.6 Å². The lowest BCUT2D eigenvalue weighted by Crippen LogP contribution is -2.65. The number of carbonyl (C=O) groups excluding carboxylic acids is 2. The topological polar surface area (TPSA) is 117 Å². The van der Waals surface area contributed by atoms with Crippen LogP contribution in [0.15, 0.2) is 54.7 Å². The van der Waals surface area contributed by atoms with Gasteiger partial charge in [0.15, 0.2) is 5.69 Å². The molecule has 3 aromatic rings. The van der Waals surface area contributed by atoms with Crippen LogP contribution in [0.1, 0.15) is 65.6 Å². The van der Waals surface area contributed by atoms with Crippen molar-refractivity contribution in [2.24, 2.45) is 17.3 Å². The molecule has 5 atom stereocenters. The molecule has 2 N–H and O–H groups in total. The minimum Gasteiger partial charge on any atom is -0.496 e. The molecule has 0 radical (unpaired) electrons. The molecule has 2 bridgehead atoms. The highest BCUT2D eigenvalue weighted by atomic mass is 19.4. The highest BCUT2D eigenvalue weighted by molar-refractivity contribution is 6.48. The average molecular weight is 639 g/mol. The Morgan fingerprint density at radius 1 is 1.13 bits per heavy atom. The number of nitrogens with one attached hydrogen (secondary N) is 2. The van der Waals surface area contributed by atoms with Gasteiger partial charge < -0.3 is 24.7 Å². The molecule has 4 aliphatic rings. The first-order valence-electron chi connectivity index (χ1n) is 15.4. The van der Waals surface area contributed by atoms with Gasteiger partial charge in [0.2, 0.25) is 0 Å². The lowest BCUT2D eigenvalue weighted by atomic mass is 9.43. The number of alkyl halides is 3. The molecule has 3 aliphatic carbocycles. The summed E-state index contributed by atoms with van der Waals surface area (Å²) in [5.41, 5.74) is -0.0966. The molecular formula is C32H37BF3N5O5. The maximum Gasteiger partial charge on any atom is 0.482 e. The highest BCUT2D eigenvalue weighted by Crippen LogP contribution is 2.65. The van der Waals surface area contributed by atoms with Crippen LogP contribution in [0.25, 0.3) is 0 Å². The molecule has 1 aromatic heterocycles. The molecule has 0 unspecified atom stereocenters. The standard InChI is InChI=1S/C32H37BF3N5O5/c1-30(2)21-16-25(30)31(3)26(17-21)45-33(46-31)27(14-19-8-6-5-7-9-19)38-29(43)23-18-41(40-39-23)13-12-37-28(42)22-11-10-20(32(34,35)36)15-24(22)44-4/h5-11,15,18,21,25-27H,12-14,16-17H2,1-4H3,(H,37,42)(H,38,43)/t21-,25-,26+,27-,31-/m0/s1. The first-order valence-corrected chi connectivity index (χ1v) is 15.4. The van der Waals surface area contributed by atoms with Crippen LogP contribution < -0.4 is 15.4 Å². The van der Waals surface area contributed by atoms with Crippen molar-refractivity contribution in [3.8, 4) is 5.75 Å². The van der Waals surface area contributed by atoms with E-state index >= 15 is 0 Å². The fraction of sp³-hybridized carbons (Fsp3) is 0.500. The molecule has 10 nitrogen and oxygen atoms in total. The van der Waals surface area contributed by atoms with Crippen molar-refractivity contribution in [3.05, 3.63) is 77.1 Å². The predicted octanol–water partition coefficient (Wildman–Crippen LogP) is 4.34. The minimum absolute atomic E-state index is 0.0376. The van der Waals surface area contributed by atoms with E-state index in [4.69, 9.17) is 14.0 Å². The second-order valence-electron chi connectivity index (χ2n) is 13.1. The smallest absolute Gasteiger partial charge is 0.482 e. The zero-order valence-electron chi connectivity index (χ0n) is 26.1. The lowest BCUT2D eigenvalue weighted by Gasteiger charge is -2.64. The Balaban J connectivity index is 1.09. The Hall–Kier alpha value is -3.91. The summed E-state index contributed by atoms with van der Waals surface area (Å²) < 4.78 is 58.7. The second-order valence-corrected chi connectivity index (χ2v) is 13.1. The molecule has 2 heterocycles. The SMILES string of the molecule is COc1cc(C(F)(F)F)ccc1C(=O)NCCn1cc(C(=O)N[C@@H](Cc2ccccc2)B2O[C@@H]3C[C@@H]4C[C@@H](C4(C)C)[C@]3(C)O2)nn1. The Bertz CT molecular complexity index is 1600. The monoisotopic (exact) mass is 639 g/mol. The zero-order valence-corrected chi connectivity index (χ0v) is 26.1. The van der Waals surface area contributed by atoms with Crippen LogP contribution in [0.5, 0.6) is 5.75 Å². The van der Waals surface area contributed by atoms with E-state index in [1.807, 2.05) is 30.3 Å². The van der Waals surface area contributed by atoms with Gasteiger partial charge in [-0.1, -0.05) is 49.4 Å². The Kier molecular flexibility index (Phi) is 8.38. The Morgan fingerprint density at radius 3 is 2.59 bits per heavy atom. The van der Waals surface area contributed by atoms with Gasteiger partial charge in [-0.25, -0.2) is 4.68 Å². The molecule has 2 aromatic carbocycles. The van der Waals surface area contributed by atoms with Crippen LogP contribution in [0.2, 0.25) is 0 Å². The van der Waals surface area contributed by atoms with Crippen molar-refractivity contribution in [2.45, 2.75) is 70.4 Å². The van der Waals surface area contributed by atoms with Crippen molar-refractivity contribution >= 4 is 18.9 Å². The normalized spacial score (nSPS) is 25.3. The summed E-state index contributed by atoms with van der Waals surface area (Å²) >= 11 is 0. The number of halogens is 3. The quantitative estimate of drug-likeness (QED) is 0.317. The van der Waals surface area contributed by atoms with E-state index in [1.165, 1.54) is 18.0 Å². The maximum absolute atomic E-state index is 13.4. The molecule has 0 spiro atoms. The fourth-order valence-corrected chi connectivity index (χ4v) is 7.34. The summed E-state index contributed by atoms with van der Waals surface area (Å²) in [5.74, 6) is -0.761. The largest absolute Gasteiger partial charge is 0.496 e. The van der Waals surface area contributed by atoms with Crippen molar-refractivity contribution < 1.29 is 36.8 Å². The minimum atomic E-state index is -4.56. The summed E-state index contributed by atoms with van der Waals surface area (Å²) in [6.45, 7) is 6.97. The molecule has 1 saturated heterocycles. The number of nitrogens with zero attached hydrogens (tertiary/aromatic N) is 3. The first kappa shape index (κ1) is 32.1. The van der Waals surface area contributed by atoms with Gasteiger partial charge in [-0.3, -0.25) is 9.59 Å². The summed E-state index contributed by atoms with van der Waals surface area (Å²) in [6, 6.07) is 12.5. The Labute approximate surface area is 265 Å². The van der Waals surface area contributed by atoms with Crippen LogP contribution in [-0.4, -0.2) is 65.2 Å². The number of methoxy groups -OCH3 is 1. The third-order valence-corrected chi connectivity index (χ3v) is 10.1. The molecule has 7 rings (SSSR count). The molecule has 2 amide bonds. The molecule has 3 saturated carbocycles. The van der Waals surface area contributed by atoms with Gasteiger partial charge in [0, 0.05) is 6.54 Å². The Morgan fingerprint density at radius 2 is 1.89 bits per heavy atom. The van der Waals surface area contributed by atoms with Gasteiger partial charge in [0.25, 0.3) is 11.8 Å². The van der Waals surface area contributed by atoms with E-state index in [1.54, 1.807) is 0 Å². The second kappa shape index (κ2) is 12.0. The van der Waals surface area contributed by atoms with Gasteiger partial charge in [0.1, 0.15) is 5.75 Å². The third kappa shape index (κ3) is 6.00. The van der Waals surface area contributed by atoms with Crippen LogP contribution in [-0.2, 0) is 28.5 Å². The van der Waals surface area contributed by atoms with Crippen LogP contribution in [0.3, 0.4) is 0 Å². The number of carbonyl (C=O) groups is 2. The summed E-state index contributed by atoms with van der Waals surface area (Å²) in [6.07, 6.45) is -0.596. The molecule has 14 heteroatoms. The number of rotatable bonds is 10. The fourth-order valence-electron chi connectivity index (χ4n) is 7.34. The molecule has 1 aliphatic heterocycles. The van der Waals surface area contributed by atoms with E-state index in [0.29, 0.717) is 18.3 Å². The average Bonchev–Trinajstić information content (AvgIpc) is 3.64. The van der Waals surface area contributed by atoms with Gasteiger partial charge in [-0.05, 0) is 67.2 Å². The van der Waals surface area contributed by atoms with Crippen LogP contribution >= 0.6 is 0 Å². The predicted molar refractivity (Wildman–Crippen MR) is 162 cm³/mol. The van der Waals surface area contributed by atoms with Crippen molar-refractivity contribution in [2.75, 3.05) is 13.7 Å². The highest BCUT2D eigenvalue weighted by Gasteiger charge is 2.68. The number of amides is 2. The number of hydrogen-bond acceptors (Lipinski definition) is 7. The van der Waals surface area contributed by atoms with Crippen molar-refractivity contribution in [1.29, 1.82) is 0 Å². The lowest BCUT2D eigenvalue weighted by molar-refractivity contribution is -0.199. The maximum atomic E-state index is 13.4. The van der Waals surface area contributed by atoms with Gasteiger partial charge in [-0.2, -0.15) is 13.2 Å². The molecular weight excluding hydrogens is 602 g/mol. The van der Waals surface area contributed by atoms with Gasteiger partial charge in [0.05, 0.1) is 48.6 Å². The number of hydrogen-bond donors (Lipinski definition) is 2. The summed E-state index contributed by atoms with van der Waals surface area (Å²) in [5, 5.41) is 13.7. The van der Waals surface area contributed by atoms with Crippen LogP contribution in [0.4, 0.5) is 13.2 Å². The van der Waals surface area contributed by atoms with Crippen LogP contribution in [0, 0.1) is 17.3 Å². The van der Waals surface area contributed by atoms with Gasteiger partial charge in [-0.15, -0.1) is 5.10 Å². The molecule has 4 fully saturated rings. The zero-order chi connectivity index (χ0) is 32.9. The van der Waals surface area contributed by atoms with E-state index in [-0.39, 0.29) is 41.6 Å². The van der Waals surface area contributed by atoms with Crippen molar-refractivity contribution in [3.63, 3.8) is 0 Å². The number of ether oxygens (including phenoxy) is 1. The summed E-state index contributed by atoms with van der Waals surface area (Å²) in [7, 11) is 0.557. The van der Waals surface area contributed by atoms with Crippen molar-refractivity contribution in [1.82, 2.24) is 25.6 Å². The van der Waals surface area contributed by atoms with Gasteiger partial charge >= 0.3 is 13.3 Å². The third-order valence-electron chi connectivity index (χ3n) is 10.1. The first-order chi connectivity index (χ1) is 21.8. The summed E-state index contributed by atoms with van der Waals surface area (Å²) in [4.78, 5) is 26.1. The number of benzene rings is 2. The van der Waals surface area contributed by atoms with E-state index in [9.17, 15) is 22.8 Å². The molecule has 244 valence electrons. The van der Waals surface area contributed by atoms with E-state index in [2.05, 4.69) is 41.7 Å².